The third-order valence-corrected chi connectivity index (χ3v) is 2.62. The van der Waals surface area contributed by atoms with Crippen LogP contribution in [-0.2, 0) is 0 Å². The van der Waals surface area contributed by atoms with Crippen LogP contribution in [0.4, 0.5) is 5.69 Å². The number of nitrogens with zero attached hydrogens (tertiary/aromatic N) is 2. The van der Waals surface area contributed by atoms with E-state index in [1.54, 1.807) is 12.3 Å². The zero-order valence-corrected chi connectivity index (χ0v) is 9.92. The SMILES string of the molecule is Cc1nc(Cl)ccc1NC(C)c1ccn[nH]1. The predicted molar refractivity (Wildman–Crippen MR) is 64.6 cm³/mol. The van der Waals surface area contributed by atoms with Crippen molar-refractivity contribution in [2.24, 2.45) is 0 Å². The first-order valence-corrected chi connectivity index (χ1v) is 5.43. The standard InChI is InChI=1S/C11H13ClN4/c1-7-9(3-4-11(12)15-7)14-8(2)10-5-6-13-16-10/h3-6,8,14H,1-2H3,(H,13,16). The van der Waals surface area contributed by atoms with Crippen molar-refractivity contribution in [1.29, 1.82) is 0 Å². The van der Waals surface area contributed by atoms with Gasteiger partial charge in [-0.05, 0) is 32.0 Å². The minimum atomic E-state index is 0.157. The van der Waals surface area contributed by atoms with Crippen molar-refractivity contribution < 1.29 is 0 Å². The molecule has 0 aromatic carbocycles. The monoisotopic (exact) mass is 236 g/mol. The maximum Gasteiger partial charge on any atom is 0.129 e. The summed E-state index contributed by atoms with van der Waals surface area (Å²) >= 11 is 5.80. The van der Waals surface area contributed by atoms with Gasteiger partial charge in [-0.15, -0.1) is 0 Å². The molecule has 2 N–H and O–H groups in total. The third-order valence-electron chi connectivity index (χ3n) is 2.41. The van der Waals surface area contributed by atoms with Crippen LogP contribution in [0.3, 0.4) is 0 Å². The van der Waals surface area contributed by atoms with Crippen LogP contribution in [0.15, 0.2) is 24.4 Å². The van der Waals surface area contributed by atoms with Crippen LogP contribution in [0, 0.1) is 6.92 Å². The Labute approximate surface area is 99.1 Å². The van der Waals surface area contributed by atoms with E-state index in [4.69, 9.17) is 11.6 Å². The average Bonchev–Trinajstić information content (AvgIpc) is 2.75. The lowest BCUT2D eigenvalue weighted by molar-refractivity contribution is 0.822. The summed E-state index contributed by atoms with van der Waals surface area (Å²) in [5.74, 6) is 0. The number of hydrogen-bond donors (Lipinski definition) is 2. The second kappa shape index (κ2) is 4.53. The number of H-pyrrole nitrogens is 1. The fourth-order valence-corrected chi connectivity index (χ4v) is 1.69. The molecule has 5 heteroatoms. The van der Waals surface area contributed by atoms with E-state index >= 15 is 0 Å². The summed E-state index contributed by atoms with van der Waals surface area (Å²) in [5.41, 5.74) is 2.90. The van der Waals surface area contributed by atoms with Gasteiger partial charge in [-0.25, -0.2) is 4.98 Å². The first-order valence-electron chi connectivity index (χ1n) is 5.06. The van der Waals surface area contributed by atoms with Crippen LogP contribution in [0.5, 0.6) is 0 Å². The third kappa shape index (κ3) is 2.33. The summed E-state index contributed by atoms with van der Waals surface area (Å²) in [6.07, 6.45) is 1.74. The maximum atomic E-state index is 5.80. The van der Waals surface area contributed by atoms with Crippen LogP contribution in [0.25, 0.3) is 0 Å². The van der Waals surface area contributed by atoms with Gasteiger partial charge in [-0.3, -0.25) is 5.10 Å². The molecule has 2 aromatic rings. The lowest BCUT2D eigenvalue weighted by Gasteiger charge is -2.15. The Morgan fingerprint density at radius 1 is 1.38 bits per heavy atom. The lowest BCUT2D eigenvalue weighted by Crippen LogP contribution is -2.08. The number of aromatic nitrogens is 3. The minimum Gasteiger partial charge on any atom is -0.376 e. The number of aromatic amines is 1. The smallest absolute Gasteiger partial charge is 0.129 e. The Balaban J connectivity index is 2.15. The van der Waals surface area contributed by atoms with Crippen molar-refractivity contribution >= 4 is 17.3 Å². The molecular weight excluding hydrogens is 224 g/mol. The number of nitrogens with one attached hydrogen (secondary N) is 2. The largest absolute Gasteiger partial charge is 0.376 e. The highest BCUT2D eigenvalue weighted by molar-refractivity contribution is 6.29. The van der Waals surface area contributed by atoms with E-state index in [2.05, 4.69) is 27.4 Å². The Kier molecular flexibility index (Phi) is 3.10. The van der Waals surface area contributed by atoms with E-state index in [0.717, 1.165) is 17.1 Å². The van der Waals surface area contributed by atoms with E-state index in [1.807, 2.05) is 19.1 Å². The molecule has 4 nitrogen and oxygen atoms in total. The van der Waals surface area contributed by atoms with E-state index in [1.165, 1.54) is 0 Å². The van der Waals surface area contributed by atoms with Gasteiger partial charge < -0.3 is 5.32 Å². The van der Waals surface area contributed by atoms with Gasteiger partial charge in [0.1, 0.15) is 5.15 Å². The summed E-state index contributed by atoms with van der Waals surface area (Å²) in [7, 11) is 0. The summed E-state index contributed by atoms with van der Waals surface area (Å²) in [6.45, 7) is 3.98. The summed E-state index contributed by atoms with van der Waals surface area (Å²) in [6, 6.07) is 5.80. The first-order chi connectivity index (χ1) is 7.66. The molecule has 0 spiro atoms. The highest BCUT2D eigenvalue weighted by atomic mass is 35.5. The fourth-order valence-electron chi connectivity index (χ4n) is 1.50. The second-order valence-corrected chi connectivity index (χ2v) is 4.03. The Bertz CT molecular complexity index is 467. The topological polar surface area (TPSA) is 53.6 Å². The van der Waals surface area contributed by atoms with Crippen molar-refractivity contribution in [3.63, 3.8) is 0 Å². The number of hydrogen-bond acceptors (Lipinski definition) is 3. The zero-order chi connectivity index (χ0) is 11.5. The van der Waals surface area contributed by atoms with Gasteiger partial charge in [0.05, 0.1) is 23.1 Å². The van der Waals surface area contributed by atoms with E-state index in [9.17, 15) is 0 Å². The second-order valence-electron chi connectivity index (χ2n) is 3.64. The molecule has 84 valence electrons. The molecule has 16 heavy (non-hydrogen) atoms. The molecule has 0 fully saturated rings. The number of pyridine rings is 1. The normalized spacial score (nSPS) is 12.4. The molecule has 0 amide bonds. The van der Waals surface area contributed by atoms with Crippen molar-refractivity contribution in [2.45, 2.75) is 19.9 Å². The molecule has 0 aliphatic rings. The summed E-state index contributed by atoms with van der Waals surface area (Å²) < 4.78 is 0. The van der Waals surface area contributed by atoms with Gasteiger partial charge >= 0.3 is 0 Å². The van der Waals surface area contributed by atoms with Gasteiger partial charge in [0.2, 0.25) is 0 Å². The van der Waals surface area contributed by atoms with Crippen LogP contribution in [-0.4, -0.2) is 15.2 Å². The Morgan fingerprint density at radius 3 is 2.81 bits per heavy atom. The molecule has 1 atom stereocenters. The van der Waals surface area contributed by atoms with E-state index in [0.29, 0.717) is 5.15 Å². The number of rotatable bonds is 3. The molecule has 0 aliphatic heterocycles. The molecule has 2 aromatic heterocycles. The molecular formula is C11H13ClN4. The highest BCUT2D eigenvalue weighted by Crippen LogP contribution is 2.21. The molecule has 0 aliphatic carbocycles. The van der Waals surface area contributed by atoms with Gasteiger partial charge in [0, 0.05) is 6.20 Å². The summed E-state index contributed by atoms with van der Waals surface area (Å²) in [4.78, 5) is 4.19. The molecule has 2 rings (SSSR count). The number of anilines is 1. The first kappa shape index (κ1) is 11.0. The van der Waals surface area contributed by atoms with Gasteiger partial charge in [-0.2, -0.15) is 5.10 Å². The fraction of sp³-hybridized carbons (Fsp3) is 0.273. The van der Waals surface area contributed by atoms with Crippen molar-refractivity contribution in [1.82, 2.24) is 15.2 Å². The molecule has 1 unspecified atom stereocenters. The molecule has 0 bridgehead atoms. The van der Waals surface area contributed by atoms with Crippen molar-refractivity contribution in [3.05, 3.63) is 40.9 Å². The van der Waals surface area contributed by atoms with Crippen molar-refractivity contribution in [3.8, 4) is 0 Å². The molecule has 2 heterocycles. The molecule has 0 saturated heterocycles. The average molecular weight is 237 g/mol. The highest BCUT2D eigenvalue weighted by Gasteiger charge is 2.08. The van der Waals surface area contributed by atoms with Crippen LogP contribution < -0.4 is 5.32 Å². The Morgan fingerprint density at radius 2 is 2.19 bits per heavy atom. The zero-order valence-electron chi connectivity index (χ0n) is 9.16. The van der Waals surface area contributed by atoms with Crippen molar-refractivity contribution in [2.75, 3.05) is 5.32 Å². The van der Waals surface area contributed by atoms with Crippen LogP contribution in [0.1, 0.15) is 24.4 Å². The number of aryl methyl sites for hydroxylation is 1. The number of halogens is 1. The summed E-state index contributed by atoms with van der Waals surface area (Å²) in [5, 5.41) is 10.7. The molecule has 0 saturated carbocycles. The quantitative estimate of drug-likeness (QED) is 0.806. The van der Waals surface area contributed by atoms with E-state index < -0.39 is 0 Å². The van der Waals surface area contributed by atoms with Crippen LogP contribution in [0.2, 0.25) is 5.15 Å². The predicted octanol–water partition coefficient (Wildman–Crippen LogP) is 2.94. The van der Waals surface area contributed by atoms with Gasteiger partial charge in [0.25, 0.3) is 0 Å². The minimum absolute atomic E-state index is 0.157. The van der Waals surface area contributed by atoms with Gasteiger partial charge in [-0.1, -0.05) is 11.6 Å². The molecule has 0 radical (unpaired) electrons. The lowest BCUT2D eigenvalue weighted by atomic mass is 10.2. The Hall–Kier alpha value is -1.55. The van der Waals surface area contributed by atoms with Crippen LogP contribution >= 0.6 is 11.6 Å². The maximum absolute atomic E-state index is 5.80. The van der Waals surface area contributed by atoms with Gasteiger partial charge in [0.15, 0.2) is 0 Å². The van der Waals surface area contributed by atoms with E-state index in [-0.39, 0.29) is 6.04 Å².